The first-order valence-electron chi connectivity index (χ1n) is 4.95. The number of halogens is 10. The lowest BCUT2D eigenvalue weighted by molar-refractivity contribution is -0.399. The minimum atomic E-state index is -6.91. The van der Waals surface area contributed by atoms with Crippen molar-refractivity contribution in [3.63, 3.8) is 0 Å². The summed E-state index contributed by atoms with van der Waals surface area (Å²) < 4.78 is 127. The molecule has 0 bridgehead atoms. The summed E-state index contributed by atoms with van der Waals surface area (Å²) in [6, 6.07) is 0. The summed E-state index contributed by atoms with van der Waals surface area (Å²) >= 11 is 0. The maximum Gasteiger partial charge on any atom is 0.384 e. The first-order valence-corrected chi connectivity index (χ1v) is 4.95. The average molecular weight is 308 g/mol. The van der Waals surface area contributed by atoms with Gasteiger partial charge < -0.3 is 0 Å². The van der Waals surface area contributed by atoms with Gasteiger partial charge in [-0.25, -0.2) is 0 Å². The normalized spacial score (nSPS) is 15.8. The van der Waals surface area contributed by atoms with Crippen LogP contribution >= 0.6 is 0 Å². The predicted molar refractivity (Wildman–Crippen MR) is 45.3 cm³/mol. The summed E-state index contributed by atoms with van der Waals surface area (Å²) in [4.78, 5) is 0. The second-order valence-electron chi connectivity index (χ2n) is 4.07. The highest BCUT2D eigenvalue weighted by Crippen LogP contribution is 2.57. The van der Waals surface area contributed by atoms with Gasteiger partial charge in [0, 0.05) is 13.3 Å². The lowest BCUT2D eigenvalue weighted by Crippen LogP contribution is -2.66. The Labute approximate surface area is 101 Å². The van der Waals surface area contributed by atoms with E-state index < -0.39 is 49.4 Å². The second-order valence-corrected chi connectivity index (χ2v) is 4.07. The summed E-state index contributed by atoms with van der Waals surface area (Å²) in [5.41, 5.74) is 0. The lowest BCUT2D eigenvalue weighted by Gasteiger charge is -2.38. The molecule has 0 aliphatic heterocycles. The third kappa shape index (κ3) is 2.62. The molecule has 0 rings (SSSR count). The molecule has 0 aromatic rings. The molecule has 19 heavy (non-hydrogen) atoms. The smallest absolute Gasteiger partial charge is 0.200 e. The van der Waals surface area contributed by atoms with E-state index >= 15 is 0 Å². The molecule has 0 aromatic carbocycles. The van der Waals surface area contributed by atoms with Gasteiger partial charge in [-0.15, -0.1) is 0 Å². The number of hydrogen-bond donors (Lipinski definition) is 0. The Morgan fingerprint density at radius 3 is 1.26 bits per heavy atom. The van der Waals surface area contributed by atoms with Crippen molar-refractivity contribution in [2.45, 2.75) is 56.3 Å². The number of rotatable bonds is 6. The quantitative estimate of drug-likeness (QED) is 0.607. The standard InChI is InChI=1S/C9H10F10/c1-3-4-6(12,13)8(16,17)9(18,19)7(14,15)5(2,10)11/h3-4H2,1-2H3. The molecule has 0 fully saturated rings. The monoisotopic (exact) mass is 308 g/mol. The molecule has 0 heterocycles. The van der Waals surface area contributed by atoms with E-state index in [1.165, 1.54) is 0 Å². The van der Waals surface area contributed by atoms with Gasteiger partial charge >= 0.3 is 29.6 Å². The van der Waals surface area contributed by atoms with Gasteiger partial charge in [0.2, 0.25) is 0 Å². The van der Waals surface area contributed by atoms with Gasteiger partial charge in [0.25, 0.3) is 0 Å². The van der Waals surface area contributed by atoms with Crippen molar-refractivity contribution in [1.29, 1.82) is 0 Å². The van der Waals surface area contributed by atoms with Crippen molar-refractivity contribution < 1.29 is 43.9 Å². The highest BCUT2D eigenvalue weighted by atomic mass is 19.4. The van der Waals surface area contributed by atoms with Gasteiger partial charge in [0.1, 0.15) is 0 Å². The van der Waals surface area contributed by atoms with Crippen LogP contribution in [0, 0.1) is 0 Å². The fourth-order valence-electron chi connectivity index (χ4n) is 1.17. The summed E-state index contributed by atoms with van der Waals surface area (Å²) in [5, 5.41) is 0. The molecule has 0 saturated heterocycles. The Morgan fingerprint density at radius 2 is 1.00 bits per heavy atom. The van der Waals surface area contributed by atoms with Gasteiger partial charge in [-0.3, -0.25) is 0 Å². The summed E-state index contributed by atoms with van der Waals surface area (Å²) in [6.07, 6.45) is -2.58. The maximum atomic E-state index is 12.9. The molecular formula is C9H10F10. The van der Waals surface area contributed by atoms with Gasteiger partial charge in [0.15, 0.2) is 0 Å². The molecule has 116 valence electrons. The van der Waals surface area contributed by atoms with Crippen LogP contribution in [0.5, 0.6) is 0 Å². The van der Waals surface area contributed by atoms with Gasteiger partial charge in [-0.1, -0.05) is 13.3 Å². The fourth-order valence-corrected chi connectivity index (χ4v) is 1.17. The Hall–Kier alpha value is -0.700. The summed E-state index contributed by atoms with van der Waals surface area (Å²) in [6.45, 7) is 0.156. The van der Waals surface area contributed by atoms with Crippen LogP contribution in [0.15, 0.2) is 0 Å². The van der Waals surface area contributed by atoms with E-state index in [4.69, 9.17) is 0 Å². The van der Waals surface area contributed by atoms with Crippen molar-refractivity contribution >= 4 is 0 Å². The molecule has 0 atom stereocenters. The Bertz CT molecular complexity index is 313. The van der Waals surface area contributed by atoms with Crippen LogP contribution in [-0.4, -0.2) is 29.6 Å². The van der Waals surface area contributed by atoms with E-state index in [9.17, 15) is 43.9 Å². The average Bonchev–Trinajstić information content (AvgIpc) is 2.14. The van der Waals surface area contributed by atoms with Crippen molar-refractivity contribution in [2.24, 2.45) is 0 Å². The molecule has 0 amide bonds. The molecule has 0 radical (unpaired) electrons. The van der Waals surface area contributed by atoms with E-state index in [0.717, 1.165) is 6.92 Å². The van der Waals surface area contributed by atoms with E-state index in [2.05, 4.69) is 0 Å². The molecule has 0 aliphatic carbocycles. The van der Waals surface area contributed by atoms with Crippen LogP contribution in [-0.2, 0) is 0 Å². The van der Waals surface area contributed by atoms with Gasteiger partial charge in [-0.2, -0.15) is 43.9 Å². The predicted octanol–water partition coefficient (Wildman–Crippen LogP) is 4.98. The van der Waals surface area contributed by atoms with Crippen molar-refractivity contribution in [3.05, 3.63) is 0 Å². The molecule has 0 aliphatic rings. The van der Waals surface area contributed by atoms with Crippen molar-refractivity contribution in [2.75, 3.05) is 0 Å². The van der Waals surface area contributed by atoms with Gasteiger partial charge in [-0.05, 0) is 0 Å². The minimum Gasteiger partial charge on any atom is -0.200 e. The summed E-state index contributed by atoms with van der Waals surface area (Å²) in [5.74, 6) is -31.3. The zero-order chi connectivity index (χ0) is 15.9. The maximum absolute atomic E-state index is 12.9. The largest absolute Gasteiger partial charge is 0.384 e. The molecule has 0 unspecified atom stereocenters. The molecule has 10 heteroatoms. The Kier molecular flexibility index (Phi) is 4.52. The Morgan fingerprint density at radius 1 is 0.632 bits per heavy atom. The summed E-state index contributed by atoms with van der Waals surface area (Å²) in [7, 11) is 0. The van der Waals surface area contributed by atoms with Crippen LogP contribution in [0.25, 0.3) is 0 Å². The first-order chi connectivity index (χ1) is 8.06. The molecule has 0 nitrogen and oxygen atoms in total. The number of hydrogen-bond acceptors (Lipinski definition) is 0. The highest BCUT2D eigenvalue weighted by molar-refractivity contribution is 5.07. The highest BCUT2D eigenvalue weighted by Gasteiger charge is 2.84. The molecule has 0 spiro atoms. The van der Waals surface area contributed by atoms with E-state index in [1.807, 2.05) is 0 Å². The molecular weight excluding hydrogens is 298 g/mol. The van der Waals surface area contributed by atoms with Crippen LogP contribution < -0.4 is 0 Å². The van der Waals surface area contributed by atoms with Crippen molar-refractivity contribution in [3.8, 4) is 0 Å². The lowest BCUT2D eigenvalue weighted by atomic mass is 9.93. The van der Waals surface area contributed by atoms with Crippen LogP contribution in [0.1, 0.15) is 26.7 Å². The second kappa shape index (κ2) is 4.69. The fraction of sp³-hybridized carbons (Fsp3) is 1.00. The van der Waals surface area contributed by atoms with Crippen molar-refractivity contribution in [1.82, 2.24) is 0 Å². The zero-order valence-corrected chi connectivity index (χ0v) is 9.69. The third-order valence-electron chi connectivity index (χ3n) is 2.36. The van der Waals surface area contributed by atoms with Gasteiger partial charge in [0.05, 0.1) is 0 Å². The van der Waals surface area contributed by atoms with Crippen LogP contribution in [0.3, 0.4) is 0 Å². The first kappa shape index (κ1) is 18.3. The van der Waals surface area contributed by atoms with Crippen LogP contribution in [0.4, 0.5) is 43.9 Å². The Balaban J connectivity index is 5.77. The third-order valence-corrected chi connectivity index (χ3v) is 2.36. The van der Waals surface area contributed by atoms with E-state index in [-0.39, 0.29) is 0 Å². The van der Waals surface area contributed by atoms with E-state index in [1.54, 1.807) is 0 Å². The molecule has 0 aromatic heterocycles. The zero-order valence-electron chi connectivity index (χ0n) is 9.69. The number of alkyl halides is 10. The molecule has 0 saturated carbocycles. The van der Waals surface area contributed by atoms with E-state index in [0.29, 0.717) is 0 Å². The SMILES string of the molecule is CCCC(F)(F)C(F)(F)C(F)(F)C(F)(F)C(C)(F)F. The molecule has 0 N–H and O–H groups in total. The minimum absolute atomic E-state index is 0.729. The topological polar surface area (TPSA) is 0 Å². The van der Waals surface area contributed by atoms with Crippen LogP contribution in [0.2, 0.25) is 0 Å².